The van der Waals surface area contributed by atoms with Crippen LogP contribution in [0.2, 0.25) is 0 Å². The number of methoxy groups -OCH3 is 1. The Balaban J connectivity index is 1.20. The van der Waals surface area contributed by atoms with Crippen LogP contribution in [-0.2, 0) is 14.6 Å². The number of ether oxygens (including phenoxy) is 3. The van der Waals surface area contributed by atoms with Gasteiger partial charge >= 0.3 is 6.01 Å². The Morgan fingerprint density at radius 2 is 1.83 bits per heavy atom. The molecule has 4 aromatic rings. The number of halogens is 2. The van der Waals surface area contributed by atoms with E-state index in [1.165, 1.54) is 31.4 Å². The first-order chi connectivity index (χ1) is 26.1. The van der Waals surface area contributed by atoms with E-state index in [1.54, 1.807) is 0 Å². The molecule has 1 saturated carbocycles. The summed E-state index contributed by atoms with van der Waals surface area (Å²) in [5, 5.41) is 11.6. The van der Waals surface area contributed by atoms with E-state index in [4.69, 9.17) is 30.6 Å². The van der Waals surface area contributed by atoms with Gasteiger partial charge in [-0.05, 0) is 81.0 Å². The summed E-state index contributed by atoms with van der Waals surface area (Å²) < 4.78 is 74.6. The van der Waals surface area contributed by atoms with E-state index in [0.717, 1.165) is 51.6 Å². The third-order valence-corrected chi connectivity index (χ3v) is 13.7. The van der Waals surface area contributed by atoms with Gasteiger partial charge in [0.05, 0.1) is 37.4 Å². The van der Waals surface area contributed by atoms with E-state index >= 15 is 8.78 Å². The minimum absolute atomic E-state index is 0.0199. The number of aromatic hydroxyl groups is 1. The fourth-order valence-electron chi connectivity index (χ4n) is 9.33. The Bertz CT molecular complexity index is 2230. The molecule has 4 fully saturated rings. The second-order valence-electron chi connectivity index (χ2n) is 15.2. The monoisotopic (exact) mass is 761 g/mol. The molecule has 14 heteroatoms. The van der Waals surface area contributed by atoms with Crippen molar-refractivity contribution in [3.05, 3.63) is 41.5 Å². The lowest BCUT2D eigenvalue weighted by molar-refractivity contribution is -0.00810. The van der Waals surface area contributed by atoms with Crippen LogP contribution >= 0.6 is 0 Å². The average molecular weight is 762 g/mol. The van der Waals surface area contributed by atoms with E-state index in [-0.39, 0.29) is 73.7 Å². The molecule has 11 nitrogen and oxygen atoms in total. The van der Waals surface area contributed by atoms with E-state index in [0.29, 0.717) is 62.9 Å². The third-order valence-electron chi connectivity index (χ3n) is 12.0. The van der Waals surface area contributed by atoms with Gasteiger partial charge in [-0.2, -0.15) is 9.97 Å². The maximum atomic E-state index is 17.2. The number of fused-ring (bicyclic) bond motifs is 3. The van der Waals surface area contributed by atoms with E-state index < -0.39 is 21.5 Å². The third kappa shape index (κ3) is 6.79. The summed E-state index contributed by atoms with van der Waals surface area (Å²) in [6.45, 7) is 4.30. The Morgan fingerprint density at radius 1 is 1.02 bits per heavy atom. The molecular formula is C40H45F2N5O6S. The van der Waals surface area contributed by atoms with Crippen molar-refractivity contribution in [3.8, 4) is 41.2 Å². The van der Waals surface area contributed by atoms with Crippen LogP contribution in [0, 0.1) is 35.3 Å². The lowest BCUT2D eigenvalue weighted by atomic mass is 9.75. The summed E-state index contributed by atoms with van der Waals surface area (Å²) in [4.78, 5) is 18.8. The van der Waals surface area contributed by atoms with Gasteiger partial charge in [-0.1, -0.05) is 18.4 Å². The number of benzene rings is 2. The van der Waals surface area contributed by atoms with Crippen molar-refractivity contribution in [2.75, 3.05) is 69.5 Å². The summed E-state index contributed by atoms with van der Waals surface area (Å²) in [5.41, 5.74) is -0.448. The minimum atomic E-state index is -2.93. The minimum Gasteiger partial charge on any atom is -0.508 e. The van der Waals surface area contributed by atoms with E-state index in [1.807, 2.05) is 4.90 Å². The molecule has 1 aliphatic carbocycles. The lowest BCUT2D eigenvalue weighted by Gasteiger charge is -2.47. The molecule has 0 radical (unpaired) electrons. The number of phenols is 1. The number of hydrogen-bond donors (Lipinski definition) is 1. The number of rotatable bonds is 8. The Hall–Kier alpha value is -4.32. The van der Waals surface area contributed by atoms with Crippen LogP contribution in [0.4, 0.5) is 14.6 Å². The number of sulfone groups is 1. The maximum Gasteiger partial charge on any atom is 0.319 e. The van der Waals surface area contributed by atoms with Crippen LogP contribution in [0.5, 0.6) is 17.6 Å². The first-order valence-electron chi connectivity index (χ1n) is 18.9. The normalized spacial score (nSPS) is 23.6. The SMILES string of the molecule is C#Cc1c(F)ccc2cc(O)cc(-c3nc(OC)c4c(N5CCCOCC5)nc(OC[C@]56CCC[C@H]5N(CC5CCS(=O)(=O)CC5)CCC6)nc4c3F)c12. The lowest BCUT2D eigenvalue weighted by Crippen LogP contribution is -2.53. The molecule has 0 spiro atoms. The summed E-state index contributed by atoms with van der Waals surface area (Å²) >= 11 is 0. The molecule has 0 amide bonds. The zero-order valence-electron chi connectivity index (χ0n) is 30.5. The molecule has 8 rings (SSSR count). The number of aromatic nitrogens is 3. The standard InChI is InChI=1S/C40H45F2N5O6S/c1-3-28-30(41)9-8-26-21-27(48)22-29(32(26)28)35-34(42)36-33(38(43-35)51-2)37(46-15-6-17-52-18-16-46)45-39(44-36)53-24-40-12-4-7-31(40)47(14-5-13-40)23-25-10-19-54(49,50)20-11-25/h1,8-9,21-22,25,31,48H,4-7,10-20,23-24H2,2H3/t31-,40-/m1/s1. The Kier molecular flexibility index (Phi) is 10.00. The molecule has 0 unspecified atom stereocenters. The molecule has 3 aliphatic heterocycles. The number of piperidine rings is 1. The summed E-state index contributed by atoms with van der Waals surface area (Å²) in [7, 11) is -1.51. The van der Waals surface area contributed by atoms with Gasteiger partial charge in [0.2, 0.25) is 5.88 Å². The van der Waals surface area contributed by atoms with Crippen molar-refractivity contribution in [1.29, 1.82) is 0 Å². The zero-order chi connectivity index (χ0) is 37.6. The second kappa shape index (κ2) is 14.7. The molecule has 5 heterocycles. The molecule has 286 valence electrons. The smallest absolute Gasteiger partial charge is 0.319 e. The van der Waals surface area contributed by atoms with Crippen LogP contribution in [0.15, 0.2) is 24.3 Å². The number of pyridine rings is 1. The van der Waals surface area contributed by atoms with E-state index in [9.17, 15) is 13.5 Å². The van der Waals surface area contributed by atoms with Crippen molar-refractivity contribution in [2.45, 2.75) is 57.4 Å². The molecular weight excluding hydrogens is 717 g/mol. The predicted octanol–water partition coefficient (Wildman–Crippen LogP) is 5.88. The van der Waals surface area contributed by atoms with E-state index in [2.05, 4.69) is 15.8 Å². The van der Waals surface area contributed by atoms with Gasteiger partial charge in [0.15, 0.2) is 5.82 Å². The van der Waals surface area contributed by atoms with Gasteiger partial charge < -0.3 is 24.2 Å². The van der Waals surface area contributed by atoms with Gasteiger partial charge in [-0.3, -0.25) is 4.90 Å². The summed E-state index contributed by atoms with van der Waals surface area (Å²) in [6.07, 6.45) is 12.9. The second-order valence-corrected chi connectivity index (χ2v) is 17.5. The van der Waals surface area contributed by atoms with Crippen LogP contribution < -0.4 is 14.4 Å². The van der Waals surface area contributed by atoms with Crippen molar-refractivity contribution in [2.24, 2.45) is 11.3 Å². The number of nitrogens with zero attached hydrogens (tertiary/aromatic N) is 5. The van der Waals surface area contributed by atoms with Crippen molar-refractivity contribution < 1.29 is 36.5 Å². The number of terminal acetylenes is 1. The Morgan fingerprint density at radius 3 is 2.63 bits per heavy atom. The summed E-state index contributed by atoms with van der Waals surface area (Å²) in [6, 6.07) is 5.73. The van der Waals surface area contributed by atoms with Crippen LogP contribution in [0.3, 0.4) is 0 Å². The van der Waals surface area contributed by atoms with Gasteiger partial charge in [-0.25, -0.2) is 22.2 Å². The fourth-order valence-corrected chi connectivity index (χ4v) is 10.9. The molecule has 1 N–H and O–H groups in total. The predicted molar refractivity (Wildman–Crippen MR) is 202 cm³/mol. The quantitative estimate of drug-likeness (QED) is 0.216. The number of hydrogen-bond acceptors (Lipinski definition) is 11. The highest BCUT2D eigenvalue weighted by Gasteiger charge is 2.49. The molecule has 54 heavy (non-hydrogen) atoms. The largest absolute Gasteiger partial charge is 0.508 e. The van der Waals surface area contributed by atoms with Crippen LogP contribution in [0.1, 0.15) is 56.9 Å². The van der Waals surface area contributed by atoms with Crippen LogP contribution in [-0.4, -0.2) is 104 Å². The molecule has 2 aromatic carbocycles. The fraction of sp³-hybridized carbons (Fsp3) is 0.525. The molecule has 4 aliphatic rings. The Labute approximate surface area is 313 Å². The van der Waals surface area contributed by atoms with Gasteiger partial charge in [0.1, 0.15) is 43.8 Å². The molecule has 0 bridgehead atoms. The van der Waals surface area contributed by atoms with Crippen LogP contribution in [0.25, 0.3) is 32.9 Å². The zero-order valence-corrected chi connectivity index (χ0v) is 31.3. The first-order valence-corrected chi connectivity index (χ1v) is 20.7. The average Bonchev–Trinajstić information content (AvgIpc) is 3.42. The van der Waals surface area contributed by atoms with Gasteiger partial charge in [-0.15, -0.1) is 6.42 Å². The number of phenolic OH excluding ortho intramolecular Hbond substituents is 1. The number of anilines is 1. The van der Waals surface area contributed by atoms with Gasteiger partial charge in [0, 0.05) is 48.6 Å². The summed E-state index contributed by atoms with van der Waals surface area (Å²) in [5.74, 6) is 2.06. The first kappa shape index (κ1) is 36.6. The molecule has 2 aromatic heterocycles. The highest BCUT2D eigenvalue weighted by Crippen LogP contribution is 2.49. The molecule has 3 saturated heterocycles. The molecule has 2 atom stereocenters. The maximum absolute atomic E-state index is 17.2. The van der Waals surface area contributed by atoms with Gasteiger partial charge in [0.25, 0.3) is 0 Å². The highest BCUT2D eigenvalue weighted by atomic mass is 32.2. The van der Waals surface area contributed by atoms with Crippen molar-refractivity contribution >= 4 is 37.3 Å². The number of likely N-dealkylation sites (tertiary alicyclic amines) is 1. The van der Waals surface area contributed by atoms with Crippen molar-refractivity contribution in [1.82, 2.24) is 19.9 Å². The topological polar surface area (TPSA) is 127 Å². The highest BCUT2D eigenvalue weighted by molar-refractivity contribution is 7.91. The van der Waals surface area contributed by atoms with Crippen molar-refractivity contribution in [3.63, 3.8) is 0 Å².